The molecule has 0 spiro atoms. The summed E-state index contributed by atoms with van der Waals surface area (Å²) in [5.74, 6) is -2.18. The van der Waals surface area contributed by atoms with E-state index in [9.17, 15) is 19.2 Å². The van der Waals surface area contributed by atoms with Crippen LogP contribution in [0, 0.1) is 21.7 Å². The SMILES string of the molecule is CCc1c(Br)cccc1[C@H]1O[C@H](CC(C)(C)C(=O)OC)[C@@H](OC(=O)C(C)(C)C)[C@@H](OC(=O)C(C)(C)C)[C@@H]1OC(=O)C(C)(C)C. The summed E-state index contributed by atoms with van der Waals surface area (Å²) < 4.78 is 31.2. The van der Waals surface area contributed by atoms with Crippen molar-refractivity contribution >= 4 is 39.8 Å². The van der Waals surface area contributed by atoms with Crippen LogP contribution in [0.25, 0.3) is 0 Å². The second kappa shape index (κ2) is 13.9. The summed E-state index contributed by atoms with van der Waals surface area (Å²) in [7, 11) is 1.30. The Morgan fingerprint density at radius 2 is 1.18 bits per heavy atom. The minimum Gasteiger partial charge on any atom is -0.469 e. The molecule has 0 unspecified atom stereocenters. The number of esters is 4. The molecule has 1 aromatic rings. The van der Waals surface area contributed by atoms with Crippen molar-refractivity contribution in [2.24, 2.45) is 21.7 Å². The summed E-state index contributed by atoms with van der Waals surface area (Å²) in [5, 5.41) is 0. The first-order chi connectivity index (χ1) is 19.9. The van der Waals surface area contributed by atoms with Crippen LogP contribution in [-0.4, -0.2) is 55.4 Å². The van der Waals surface area contributed by atoms with Crippen molar-refractivity contribution in [2.45, 2.75) is 126 Å². The Hall–Kier alpha value is -2.46. The van der Waals surface area contributed by atoms with Gasteiger partial charge in [-0.25, -0.2) is 0 Å². The molecule has 5 atom stereocenters. The Labute approximate surface area is 271 Å². The van der Waals surface area contributed by atoms with Crippen LogP contribution >= 0.6 is 15.9 Å². The summed E-state index contributed by atoms with van der Waals surface area (Å²) in [6.07, 6.45) is -4.90. The monoisotopic (exact) mass is 682 g/mol. The molecular formula is C34H51BrO9. The molecule has 1 heterocycles. The van der Waals surface area contributed by atoms with E-state index in [1.165, 1.54) is 7.11 Å². The molecule has 44 heavy (non-hydrogen) atoms. The number of hydrogen-bond acceptors (Lipinski definition) is 9. The Morgan fingerprint density at radius 1 is 0.727 bits per heavy atom. The lowest BCUT2D eigenvalue weighted by Gasteiger charge is -2.48. The van der Waals surface area contributed by atoms with Crippen molar-refractivity contribution in [2.75, 3.05) is 7.11 Å². The minimum absolute atomic E-state index is 0.0528. The van der Waals surface area contributed by atoms with Crippen LogP contribution in [0.5, 0.6) is 0 Å². The van der Waals surface area contributed by atoms with Gasteiger partial charge >= 0.3 is 23.9 Å². The van der Waals surface area contributed by atoms with Crippen LogP contribution in [0.15, 0.2) is 22.7 Å². The lowest BCUT2D eigenvalue weighted by molar-refractivity contribution is -0.260. The molecule has 1 aliphatic rings. The molecule has 0 amide bonds. The minimum atomic E-state index is -1.26. The fourth-order valence-corrected chi connectivity index (χ4v) is 5.37. The maximum absolute atomic E-state index is 13.5. The van der Waals surface area contributed by atoms with Crippen molar-refractivity contribution in [3.8, 4) is 0 Å². The zero-order chi connectivity index (χ0) is 34.0. The Morgan fingerprint density at radius 3 is 1.61 bits per heavy atom. The molecule has 0 bridgehead atoms. The highest BCUT2D eigenvalue weighted by Crippen LogP contribution is 2.44. The molecule has 2 rings (SSSR count). The number of carbonyl (C=O) groups is 4. The average Bonchev–Trinajstić information content (AvgIpc) is 2.88. The Bertz CT molecular complexity index is 1220. The maximum Gasteiger partial charge on any atom is 0.311 e. The van der Waals surface area contributed by atoms with Crippen LogP contribution < -0.4 is 0 Å². The molecule has 9 nitrogen and oxygen atoms in total. The number of carbonyl (C=O) groups excluding carboxylic acids is 4. The van der Waals surface area contributed by atoms with Gasteiger partial charge in [0.2, 0.25) is 0 Å². The molecule has 0 radical (unpaired) electrons. The van der Waals surface area contributed by atoms with Gasteiger partial charge in [0.1, 0.15) is 12.2 Å². The first-order valence-corrected chi connectivity index (χ1v) is 15.9. The summed E-state index contributed by atoms with van der Waals surface area (Å²) in [6.45, 7) is 20.8. The third-order valence-corrected chi connectivity index (χ3v) is 8.21. The first kappa shape index (κ1) is 37.7. The second-order valence-corrected chi connectivity index (χ2v) is 16.1. The molecule has 0 N–H and O–H groups in total. The maximum atomic E-state index is 13.5. The van der Waals surface area contributed by atoms with Gasteiger partial charge < -0.3 is 23.7 Å². The summed E-state index contributed by atoms with van der Waals surface area (Å²) in [5.41, 5.74) is -2.21. The second-order valence-electron chi connectivity index (χ2n) is 15.2. The van der Waals surface area contributed by atoms with Crippen LogP contribution in [0.3, 0.4) is 0 Å². The van der Waals surface area contributed by atoms with E-state index in [1.807, 2.05) is 25.1 Å². The Kier molecular flexibility index (Phi) is 11.9. The van der Waals surface area contributed by atoms with Gasteiger partial charge in [0, 0.05) is 4.47 Å². The van der Waals surface area contributed by atoms with Crippen molar-refractivity contribution in [3.63, 3.8) is 0 Å². The third kappa shape index (κ3) is 9.05. The van der Waals surface area contributed by atoms with E-state index in [4.69, 9.17) is 23.7 Å². The number of ether oxygens (including phenoxy) is 5. The molecule has 0 aliphatic carbocycles. The van der Waals surface area contributed by atoms with Gasteiger partial charge in [-0.1, -0.05) is 35.0 Å². The van der Waals surface area contributed by atoms with Crippen molar-refractivity contribution < 1.29 is 42.9 Å². The van der Waals surface area contributed by atoms with Crippen molar-refractivity contribution in [3.05, 3.63) is 33.8 Å². The summed E-state index contributed by atoms with van der Waals surface area (Å²) in [6, 6.07) is 5.63. The first-order valence-electron chi connectivity index (χ1n) is 15.1. The predicted molar refractivity (Wildman–Crippen MR) is 170 cm³/mol. The van der Waals surface area contributed by atoms with Crippen LogP contribution in [-0.2, 0) is 49.3 Å². The fraction of sp³-hybridized carbons (Fsp3) is 0.706. The molecule has 1 aromatic carbocycles. The number of hydrogen-bond donors (Lipinski definition) is 0. The summed E-state index contributed by atoms with van der Waals surface area (Å²) >= 11 is 3.64. The van der Waals surface area contributed by atoms with Gasteiger partial charge in [0.05, 0.1) is 28.8 Å². The lowest BCUT2D eigenvalue weighted by atomic mass is 9.80. The predicted octanol–water partition coefficient (Wildman–Crippen LogP) is 6.91. The normalized spacial score (nSPS) is 23.0. The van der Waals surface area contributed by atoms with E-state index in [0.29, 0.717) is 12.0 Å². The van der Waals surface area contributed by atoms with E-state index in [2.05, 4.69) is 15.9 Å². The molecule has 1 aliphatic heterocycles. The van der Waals surface area contributed by atoms with Gasteiger partial charge in [-0.3, -0.25) is 19.2 Å². The Balaban J connectivity index is 2.92. The molecule has 0 saturated carbocycles. The van der Waals surface area contributed by atoms with E-state index in [0.717, 1.165) is 10.0 Å². The van der Waals surface area contributed by atoms with Gasteiger partial charge in [-0.2, -0.15) is 0 Å². The molecule has 1 saturated heterocycles. The number of benzene rings is 1. The highest BCUT2D eigenvalue weighted by Gasteiger charge is 2.56. The van der Waals surface area contributed by atoms with E-state index in [1.54, 1.807) is 76.2 Å². The lowest BCUT2D eigenvalue weighted by Crippen LogP contribution is -2.61. The number of methoxy groups -OCH3 is 1. The van der Waals surface area contributed by atoms with Gasteiger partial charge in [-0.05, 0) is 106 Å². The van der Waals surface area contributed by atoms with Gasteiger partial charge in [-0.15, -0.1) is 0 Å². The van der Waals surface area contributed by atoms with E-state index in [-0.39, 0.29) is 6.42 Å². The number of rotatable bonds is 8. The quantitative estimate of drug-likeness (QED) is 0.213. The molecule has 1 fully saturated rings. The van der Waals surface area contributed by atoms with E-state index >= 15 is 0 Å². The van der Waals surface area contributed by atoms with Crippen LogP contribution in [0.4, 0.5) is 0 Å². The average molecular weight is 684 g/mol. The standard InChI is InChI=1S/C34H51BrO9/c1-14-19-20(16-15-17-21(19)35)23-25(43-28(37)32(5,6)7)26(44-29(38)33(8,9)10)24(42-27(36)31(2,3)4)22(41-23)18-34(11,12)30(39)40-13/h15-17,22-26H,14,18H2,1-13H3/t22-,23-,24-,25-,26-/m1/s1. The third-order valence-electron chi connectivity index (χ3n) is 7.46. The number of halogens is 1. The highest BCUT2D eigenvalue weighted by atomic mass is 79.9. The topological polar surface area (TPSA) is 114 Å². The van der Waals surface area contributed by atoms with Gasteiger partial charge in [0.25, 0.3) is 0 Å². The molecular weight excluding hydrogens is 632 g/mol. The van der Waals surface area contributed by atoms with Crippen molar-refractivity contribution in [1.82, 2.24) is 0 Å². The summed E-state index contributed by atoms with van der Waals surface area (Å²) in [4.78, 5) is 53.3. The van der Waals surface area contributed by atoms with Gasteiger partial charge in [0.15, 0.2) is 18.3 Å². The van der Waals surface area contributed by atoms with Crippen LogP contribution in [0.1, 0.15) is 107 Å². The highest BCUT2D eigenvalue weighted by molar-refractivity contribution is 9.10. The molecule has 248 valence electrons. The fourth-order valence-electron chi connectivity index (χ4n) is 4.71. The smallest absolute Gasteiger partial charge is 0.311 e. The largest absolute Gasteiger partial charge is 0.469 e. The van der Waals surface area contributed by atoms with Crippen molar-refractivity contribution in [1.29, 1.82) is 0 Å². The zero-order valence-electron chi connectivity index (χ0n) is 28.6. The molecule has 10 heteroatoms. The molecule has 0 aromatic heterocycles. The van der Waals surface area contributed by atoms with E-state index < -0.39 is 76.1 Å². The zero-order valence-corrected chi connectivity index (χ0v) is 30.2. The van der Waals surface area contributed by atoms with Crippen LogP contribution in [0.2, 0.25) is 0 Å².